The largest absolute Gasteiger partial charge is 0.489 e. The van der Waals surface area contributed by atoms with Crippen molar-refractivity contribution in [3.8, 4) is 5.75 Å². The SMILES string of the molecule is O=C(C=Cc1ccccn1)C=C(OC(=NO)c1ccco1)c1ccc(OCc2ccccc2Cl)cc1. The Kier molecular flexibility index (Phi) is 8.30. The Morgan fingerprint density at radius 1 is 1.03 bits per heavy atom. The first kappa shape index (κ1) is 24.5. The number of hydrogen-bond donors (Lipinski definition) is 1. The van der Waals surface area contributed by atoms with Gasteiger partial charge in [0.25, 0.3) is 5.90 Å². The van der Waals surface area contributed by atoms with Crippen molar-refractivity contribution in [3.05, 3.63) is 131 Å². The molecule has 4 aromatic rings. The minimum Gasteiger partial charge on any atom is -0.489 e. The summed E-state index contributed by atoms with van der Waals surface area (Å²) in [5.74, 6) is 0.381. The van der Waals surface area contributed by atoms with Gasteiger partial charge in [0.05, 0.1) is 12.0 Å². The summed E-state index contributed by atoms with van der Waals surface area (Å²) in [6, 6.07) is 22.9. The Labute approximate surface area is 212 Å². The molecule has 8 heteroatoms. The molecular formula is C28H21ClN2O5. The van der Waals surface area contributed by atoms with Crippen LogP contribution in [0.2, 0.25) is 5.02 Å². The standard InChI is InChI=1S/C28H21ClN2O5/c29-25-8-2-1-6-21(25)19-35-24-14-10-20(11-15-24)27(36-28(31-33)26-9-5-17-34-26)18-23(32)13-12-22-7-3-4-16-30-22/h1-18,33H,19H2. The molecule has 0 spiro atoms. The zero-order valence-corrected chi connectivity index (χ0v) is 19.7. The maximum atomic E-state index is 12.7. The molecule has 7 nitrogen and oxygen atoms in total. The fraction of sp³-hybridized carbons (Fsp3) is 0.0357. The van der Waals surface area contributed by atoms with Crippen LogP contribution in [0, 0.1) is 0 Å². The number of halogens is 1. The van der Waals surface area contributed by atoms with Crippen LogP contribution in [-0.4, -0.2) is 21.9 Å². The molecule has 2 aromatic heterocycles. The predicted molar refractivity (Wildman–Crippen MR) is 137 cm³/mol. The number of carbonyl (C=O) groups excluding carboxylic acids is 1. The summed E-state index contributed by atoms with van der Waals surface area (Å²) in [5, 5.41) is 13.3. The molecule has 4 rings (SSSR count). The van der Waals surface area contributed by atoms with Crippen molar-refractivity contribution in [1.29, 1.82) is 0 Å². The number of oxime groups is 1. The van der Waals surface area contributed by atoms with E-state index in [-0.39, 0.29) is 23.2 Å². The summed E-state index contributed by atoms with van der Waals surface area (Å²) in [7, 11) is 0. The van der Waals surface area contributed by atoms with Gasteiger partial charge in [-0.1, -0.05) is 35.9 Å². The summed E-state index contributed by atoms with van der Waals surface area (Å²) in [6.45, 7) is 0.300. The summed E-state index contributed by atoms with van der Waals surface area (Å²) >= 11 is 6.19. The third-order valence-electron chi connectivity index (χ3n) is 4.90. The fourth-order valence-corrected chi connectivity index (χ4v) is 3.30. The summed E-state index contributed by atoms with van der Waals surface area (Å²) in [5.41, 5.74) is 2.04. The summed E-state index contributed by atoms with van der Waals surface area (Å²) in [4.78, 5) is 16.8. The Morgan fingerprint density at radius 3 is 2.53 bits per heavy atom. The highest BCUT2D eigenvalue weighted by molar-refractivity contribution is 6.31. The number of benzene rings is 2. The Morgan fingerprint density at radius 2 is 1.83 bits per heavy atom. The van der Waals surface area contributed by atoms with Crippen LogP contribution in [0.3, 0.4) is 0 Å². The number of hydrogen-bond acceptors (Lipinski definition) is 7. The van der Waals surface area contributed by atoms with E-state index in [1.807, 2.05) is 24.3 Å². The molecule has 0 atom stereocenters. The number of ether oxygens (including phenoxy) is 2. The summed E-state index contributed by atoms with van der Waals surface area (Å²) in [6.07, 6.45) is 7.30. The van der Waals surface area contributed by atoms with Crippen LogP contribution >= 0.6 is 11.6 Å². The highest BCUT2D eigenvalue weighted by Crippen LogP contribution is 2.24. The molecule has 2 heterocycles. The Bertz CT molecular complexity index is 1380. The first-order chi connectivity index (χ1) is 17.6. The van der Waals surface area contributed by atoms with Crippen LogP contribution in [-0.2, 0) is 16.1 Å². The van der Waals surface area contributed by atoms with E-state index >= 15 is 0 Å². The van der Waals surface area contributed by atoms with Crippen molar-refractivity contribution >= 4 is 35.1 Å². The van der Waals surface area contributed by atoms with Crippen LogP contribution in [0.15, 0.2) is 113 Å². The topological polar surface area (TPSA) is 94.2 Å². The molecule has 1 N–H and O–H groups in total. The Balaban J connectivity index is 1.55. The molecule has 0 amide bonds. The number of rotatable bonds is 9. The first-order valence-corrected chi connectivity index (χ1v) is 11.3. The second kappa shape index (κ2) is 12.2. The lowest BCUT2D eigenvalue weighted by atomic mass is 10.1. The quantitative estimate of drug-likeness (QED) is 0.0715. The second-order valence-corrected chi connectivity index (χ2v) is 7.80. The minimum absolute atomic E-state index is 0.146. The van der Waals surface area contributed by atoms with Gasteiger partial charge in [-0.15, -0.1) is 0 Å². The minimum atomic E-state index is -0.355. The molecule has 0 unspecified atom stereocenters. The maximum Gasteiger partial charge on any atom is 0.299 e. The van der Waals surface area contributed by atoms with E-state index in [0.29, 0.717) is 28.6 Å². The summed E-state index contributed by atoms with van der Waals surface area (Å²) < 4.78 is 16.9. The molecule has 0 aliphatic rings. The molecule has 0 aliphatic carbocycles. The molecule has 0 fully saturated rings. The predicted octanol–water partition coefficient (Wildman–Crippen LogP) is 6.38. The van der Waals surface area contributed by atoms with Crippen LogP contribution < -0.4 is 4.74 Å². The van der Waals surface area contributed by atoms with E-state index in [0.717, 1.165) is 5.56 Å². The van der Waals surface area contributed by atoms with Crippen LogP contribution in [0.4, 0.5) is 0 Å². The zero-order chi connectivity index (χ0) is 25.2. The number of allylic oxidation sites excluding steroid dienone is 2. The lowest BCUT2D eigenvalue weighted by Crippen LogP contribution is -2.07. The highest BCUT2D eigenvalue weighted by atomic mass is 35.5. The number of furan rings is 1. The normalized spacial score (nSPS) is 12.0. The van der Waals surface area contributed by atoms with Gasteiger partial charge in [-0.2, -0.15) is 0 Å². The number of nitrogens with zero attached hydrogens (tertiary/aromatic N) is 2. The van der Waals surface area contributed by atoms with Crippen LogP contribution in [0.25, 0.3) is 11.8 Å². The zero-order valence-electron chi connectivity index (χ0n) is 19.0. The van der Waals surface area contributed by atoms with Gasteiger partial charge in [0, 0.05) is 28.4 Å². The van der Waals surface area contributed by atoms with Crippen molar-refractivity contribution in [3.63, 3.8) is 0 Å². The molecule has 36 heavy (non-hydrogen) atoms. The van der Waals surface area contributed by atoms with Crippen LogP contribution in [0.1, 0.15) is 22.6 Å². The maximum absolute atomic E-state index is 12.7. The number of pyridine rings is 1. The van der Waals surface area contributed by atoms with Gasteiger partial charge in [-0.05, 0) is 71.9 Å². The molecule has 0 radical (unpaired) electrons. The molecule has 0 aliphatic heterocycles. The second-order valence-electron chi connectivity index (χ2n) is 7.39. The van der Waals surface area contributed by atoms with E-state index in [9.17, 15) is 10.0 Å². The van der Waals surface area contributed by atoms with E-state index in [1.54, 1.807) is 66.9 Å². The fourth-order valence-electron chi connectivity index (χ4n) is 3.11. The molecule has 0 saturated carbocycles. The van der Waals surface area contributed by atoms with Gasteiger partial charge < -0.3 is 19.1 Å². The Hall–Kier alpha value is -4.62. The first-order valence-electron chi connectivity index (χ1n) is 10.9. The van der Waals surface area contributed by atoms with Gasteiger partial charge in [0.2, 0.25) is 0 Å². The lowest BCUT2D eigenvalue weighted by molar-refractivity contribution is -0.110. The lowest BCUT2D eigenvalue weighted by Gasteiger charge is -2.11. The molecule has 2 aromatic carbocycles. The van der Waals surface area contributed by atoms with Gasteiger partial charge in [0.1, 0.15) is 18.1 Å². The van der Waals surface area contributed by atoms with Crippen molar-refractivity contribution in [2.24, 2.45) is 5.16 Å². The van der Waals surface area contributed by atoms with Gasteiger partial charge in [-0.3, -0.25) is 9.78 Å². The van der Waals surface area contributed by atoms with Crippen molar-refractivity contribution in [2.45, 2.75) is 6.61 Å². The van der Waals surface area contributed by atoms with Gasteiger partial charge in [0.15, 0.2) is 11.5 Å². The molecule has 0 bridgehead atoms. The van der Waals surface area contributed by atoms with E-state index < -0.39 is 0 Å². The van der Waals surface area contributed by atoms with Crippen molar-refractivity contribution < 1.29 is 23.9 Å². The number of carbonyl (C=O) groups is 1. The molecular weight excluding hydrogens is 480 g/mol. The average Bonchev–Trinajstić information content (AvgIpc) is 3.45. The smallest absolute Gasteiger partial charge is 0.299 e. The number of ketones is 1. The molecule has 0 saturated heterocycles. The van der Waals surface area contributed by atoms with Gasteiger partial charge in [-0.25, -0.2) is 0 Å². The monoisotopic (exact) mass is 500 g/mol. The molecule has 180 valence electrons. The van der Waals surface area contributed by atoms with E-state index in [2.05, 4.69) is 10.1 Å². The number of aromatic nitrogens is 1. The third-order valence-corrected chi connectivity index (χ3v) is 5.27. The highest BCUT2D eigenvalue weighted by Gasteiger charge is 2.15. The average molecular weight is 501 g/mol. The van der Waals surface area contributed by atoms with E-state index in [4.69, 9.17) is 25.5 Å². The van der Waals surface area contributed by atoms with Crippen LogP contribution in [0.5, 0.6) is 5.75 Å². The van der Waals surface area contributed by atoms with E-state index in [1.165, 1.54) is 18.4 Å². The van der Waals surface area contributed by atoms with Gasteiger partial charge >= 0.3 is 0 Å². The third kappa shape index (κ3) is 6.71. The van der Waals surface area contributed by atoms with Crippen molar-refractivity contribution in [1.82, 2.24) is 4.98 Å². The van der Waals surface area contributed by atoms with Crippen molar-refractivity contribution in [2.75, 3.05) is 0 Å².